The summed E-state index contributed by atoms with van der Waals surface area (Å²) in [6.45, 7) is 3.89. The monoisotopic (exact) mass is 448 g/mol. The molecule has 0 aliphatic heterocycles. The van der Waals surface area contributed by atoms with Crippen LogP contribution >= 0.6 is 27.7 Å². The van der Waals surface area contributed by atoms with Crippen molar-refractivity contribution in [2.75, 3.05) is 0 Å². The Bertz CT molecular complexity index is 955. The zero-order valence-corrected chi connectivity index (χ0v) is 17.3. The number of thioether (sulfide) groups is 1. The Morgan fingerprint density at radius 3 is 2.78 bits per heavy atom. The molecule has 0 atom stereocenters. The number of carbonyl (C=O) groups excluding carboxylic acids is 1. The van der Waals surface area contributed by atoms with Gasteiger partial charge in [0.1, 0.15) is 11.6 Å². The summed E-state index contributed by atoms with van der Waals surface area (Å²) in [4.78, 5) is 13.5. The van der Waals surface area contributed by atoms with Crippen LogP contribution in [0.4, 0.5) is 4.39 Å². The summed E-state index contributed by atoms with van der Waals surface area (Å²) >= 11 is 4.86. The van der Waals surface area contributed by atoms with Gasteiger partial charge in [-0.2, -0.15) is 0 Å². The molecule has 0 unspecified atom stereocenters. The van der Waals surface area contributed by atoms with Crippen LogP contribution in [0.2, 0.25) is 0 Å². The van der Waals surface area contributed by atoms with Gasteiger partial charge in [-0.3, -0.25) is 4.79 Å². The van der Waals surface area contributed by atoms with E-state index in [0.29, 0.717) is 16.9 Å². The molecular formula is C20H18BrFN2O2S. The molecule has 4 nitrogen and oxygen atoms in total. The lowest BCUT2D eigenvalue weighted by atomic mass is 10.2. The zero-order valence-electron chi connectivity index (χ0n) is 14.9. The second kappa shape index (κ2) is 8.71. The van der Waals surface area contributed by atoms with Crippen LogP contribution in [-0.2, 0) is 12.3 Å². The highest BCUT2D eigenvalue weighted by Crippen LogP contribution is 2.29. The molecule has 0 spiro atoms. The van der Waals surface area contributed by atoms with Crippen molar-refractivity contribution in [1.29, 1.82) is 0 Å². The van der Waals surface area contributed by atoms with Crippen molar-refractivity contribution in [3.63, 3.8) is 0 Å². The van der Waals surface area contributed by atoms with Gasteiger partial charge >= 0.3 is 0 Å². The molecule has 0 aliphatic carbocycles. The molecule has 1 amide bonds. The van der Waals surface area contributed by atoms with Crippen molar-refractivity contribution in [3.8, 4) is 0 Å². The van der Waals surface area contributed by atoms with Crippen LogP contribution in [0.5, 0.6) is 0 Å². The van der Waals surface area contributed by atoms with Gasteiger partial charge in [0.15, 0.2) is 0 Å². The highest BCUT2D eigenvalue weighted by Gasteiger charge is 2.15. The number of hydrogen-bond acceptors (Lipinski definition) is 4. The number of carbonyl (C=O) groups is 1. The van der Waals surface area contributed by atoms with Gasteiger partial charge in [-0.15, -0.1) is 11.8 Å². The average molecular weight is 449 g/mol. The Morgan fingerprint density at radius 1 is 1.26 bits per heavy atom. The van der Waals surface area contributed by atoms with E-state index in [1.54, 1.807) is 30.0 Å². The smallest absolute Gasteiger partial charge is 0.252 e. The van der Waals surface area contributed by atoms with Crippen LogP contribution in [0, 0.1) is 19.7 Å². The van der Waals surface area contributed by atoms with E-state index in [-0.39, 0.29) is 18.3 Å². The average Bonchev–Trinajstić information content (AvgIpc) is 2.98. The lowest BCUT2D eigenvalue weighted by molar-refractivity contribution is 0.0947. The fourth-order valence-electron chi connectivity index (χ4n) is 2.59. The first kappa shape index (κ1) is 19.6. The standard InChI is InChI=1S/C20H18BrFN2O2S/c1-12-17(13(2)26-24-12)11-27-19-6-4-3-5-16(19)20(25)23-10-14-9-15(21)7-8-18(14)22/h3-9H,10-11H2,1-2H3,(H,23,25). The molecule has 27 heavy (non-hydrogen) atoms. The third-order valence-corrected chi connectivity index (χ3v) is 5.73. The summed E-state index contributed by atoms with van der Waals surface area (Å²) in [5, 5.41) is 6.75. The predicted octanol–water partition coefficient (Wildman–Crippen LogP) is 5.42. The molecule has 1 N–H and O–H groups in total. The van der Waals surface area contributed by atoms with Gasteiger partial charge in [0, 0.05) is 32.8 Å². The van der Waals surface area contributed by atoms with Crippen molar-refractivity contribution in [2.24, 2.45) is 0 Å². The maximum absolute atomic E-state index is 13.9. The molecule has 0 aliphatic rings. The third-order valence-electron chi connectivity index (χ3n) is 4.13. The van der Waals surface area contributed by atoms with E-state index in [0.717, 1.165) is 26.4 Å². The Kier molecular flexibility index (Phi) is 6.34. The fraction of sp³-hybridized carbons (Fsp3) is 0.200. The molecule has 0 bridgehead atoms. The topological polar surface area (TPSA) is 55.1 Å². The first-order valence-electron chi connectivity index (χ1n) is 8.31. The lowest BCUT2D eigenvalue weighted by Crippen LogP contribution is -2.24. The minimum atomic E-state index is -0.348. The molecule has 0 saturated carbocycles. The Labute approximate surface area is 169 Å². The Balaban J connectivity index is 1.71. The van der Waals surface area contributed by atoms with Crippen molar-refractivity contribution in [1.82, 2.24) is 10.5 Å². The molecule has 3 aromatic rings. The number of halogens is 2. The molecule has 7 heteroatoms. The minimum absolute atomic E-state index is 0.118. The fourth-order valence-corrected chi connectivity index (χ4v) is 4.20. The maximum Gasteiger partial charge on any atom is 0.252 e. The normalized spacial score (nSPS) is 10.8. The Morgan fingerprint density at radius 2 is 2.04 bits per heavy atom. The van der Waals surface area contributed by atoms with E-state index in [1.165, 1.54) is 6.07 Å². The molecule has 1 heterocycles. The molecule has 2 aromatic carbocycles. The second-order valence-corrected chi connectivity index (χ2v) is 7.94. The van der Waals surface area contributed by atoms with Gasteiger partial charge in [0.2, 0.25) is 0 Å². The number of benzene rings is 2. The van der Waals surface area contributed by atoms with Crippen molar-refractivity contribution in [2.45, 2.75) is 31.0 Å². The number of hydrogen-bond donors (Lipinski definition) is 1. The van der Waals surface area contributed by atoms with E-state index >= 15 is 0 Å². The van der Waals surface area contributed by atoms with Crippen LogP contribution in [0.1, 0.15) is 32.9 Å². The van der Waals surface area contributed by atoms with Gasteiger partial charge in [0.05, 0.1) is 11.3 Å². The van der Waals surface area contributed by atoms with Crippen LogP contribution in [0.25, 0.3) is 0 Å². The maximum atomic E-state index is 13.9. The number of rotatable bonds is 6. The summed E-state index contributed by atoms with van der Waals surface area (Å²) in [6.07, 6.45) is 0. The number of amides is 1. The Hall–Kier alpha value is -2.12. The second-order valence-electron chi connectivity index (χ2n) is 6.01. The van der Waals surface area contributed by atoms with Gasteiger partial charge in [-0.25, -0.2) is 4.39 Å². The van der Waals surface area contributed by atoms with E-state index in [2.05, 4.69) is 26.4 Å². The number of nitrogens with zero attached hydrogens (tertiary/aromatic N) is 1. The summed E-state index contributed by atoms with van der Waals surface area (Å²) < 4.78 is 19.8. The van der Waals surface area contributed by atoms with E-state index < -0.39 is 0 Å². The minimum Gasteiger partial charge on any atom is -0.361 e. The lowest BCUT2D eigenvalue weighted by Gasteiger charge is -2.11. The van der Waals surface area contributed by atoms with Crippen LogP contribution < -0.4 is 5.32 Å². The van der Waals surface area contributed by atoms with Gasteiger partial charge < -0.3 is 9.84 Å². The van der Waals surface area contributed by atoms with Crippen LogP contribution in [0.3, 0.4) is 0 Å². The van der Waals surface area contributed by atoms with Crippen molar-refractivity contribution in [3.05, 3.63) is 80.9 Å². The van der Waals surface area contributed by atoms with Gasteiger partial charge in [0.25, 0.3) is 5.91 Å². The van der Waals surface area contributed by atoms with Crippen molar-refractivity contribution >= 4 is 33.6 Å². The SMILES string of the molecule is Cc1noc(C)c1CSc1ccccc1C(=O)NCc1cc(Br)ccc1F. The largest absolute Gasteiger partial charge is 0.361 e. The van der Waals surface area contributed by atoms with Gasteiger partial charge in [-0.05, 0) is 44.2 Å². The quantitative estimate of drug-likeness (QED) is 0.511. The summed E-state index contributed by atoms with van der Waals surface area (Å²) in [5.74, 6) is 0.856. The number of aryl methyl sites for hydroxylation is 2. The predicted molar refractivity (Wildman–Crippen MR) is 107 cm³/mol. The first-order valence-corrected chi connectivity index (χ1v) is 10.1. The first-order chi connectivity index (χ1) is 13.0. The van der Waals surface area contributed by atoms with Crippen LogP contribution in [0.15, 0.2) is 56.4 Å². The summed E-state index contributed by atoms with van der Waals surface area (Å²) in [6, 6.07) is 12.0. The summed E-state index contributed by atoms with van der Waals surface area (Å²) in [7, 11) is 0. The molecule has 0 radical (unpaired) electrons. The molecule has 140 valence electrons. The van der Waals surface area contributed by atoms with Crippen molar-refractivity contribution < 1.29 is 13.7 Å². The number of aromatic nitrogens is 1. The van der Waals surface area contributed by atoms with Gasteiger partial charge in [-0.1, -0.05) is 33.2 Å². The number of nitrogens with one attached hydrogen (secondary N) is 1. The molecule has 3 rings (SSSR count). The highest BCUT2D eigenvalue weighted by atomic mass is 79.9. The highest BCUT2D eigenvalue weighted by molar-refractivity contribution is 9.10. The van der Waals surface area contributed by atoms with E-state index in [9.17, 15) is 9.18 Å². The van der Waals surface area contributed by atoms with E-state index in [4.69, 9.17) is 4.52 Å². The third kappa shape index (κ3) is 4.78. The molecule has 0 fully saturated rings. The van der Waals surface area contributed by atoms with Crippen LogP contribution in [-0.4, -0.2) is 11.1 Å². The zero-order chi connectivity index (χ0) is 19.4. The molecule has 1 aromatic heterocycles. The van der Waals surface area contributed by atoms with E-state index in [1.807, 2.05) is 32.0 Å². The summed E-state index contributed by atoms with van der Waals surface area (Å²) in [5.41, 5.74) is 2.88. The molecule has 0 saturated heterocycles. The molecular weight excluding hydrogens is 431 g/mol.